The molecule has 0 aliphatic rings. The van der Waals surface area contributed by atoms with E-state index in [9.17, 15) is 4.79 Å². The Bertz CT molecular complexity index is 828. The van der Waals surface area contributed by atoms with Crippen molar-refractivity contribution >= 4 is 21.8 Å². The van der Waals surface area contributed by atoms with E-state index in [-0.39, 0.29) is 5.91 Å². The molecular weight excluding hydrogens is 378 g/mol. The van der Waals surface area contributed by atoms with Crippen LogP contribution in [-0.4, -0.2) is 34.2 Å². The third-order valence-electron chi connectivity index (χ3n) is 4.08. The lowest BCUT2D eigenvalue weighted by Crippen LogP contribution is -2.28. The maximum absolute atomic E-state index is 12.5. The number of aromatic nitrogens is 2. The first-order valence-electron chi connectivity index (χ1n) is 8.23. The molecule has 0 N–H and O–H groups in total. The van der Waals surface area contributed by atoms with E-state index in [0.29, 0.717) is 5.56 Å². The second-order valence-corrected chi connectivity index (χ2v) is 6.88. The summed E-state index contributed by atoms with van der Waals surface area (Å²) in [6.07, 6.45) is 5.54. The summed E-state index contributed by atoms with van der Waals surface area (Å²) in [5, 5.41) is 4.24. The monoisotopic (exact) mass is 397 g/mol. The Morgan fingerprint density at radius 2 is 1.84 bits per heavy atom. The van der Waals surface area contributed by atoms with Crippen LogP contribution in [0.25, 0.3) is 5.69 Å². The summed E-state index contributed by atoms with van der Waals surface area (Å²) in [5.41, 5.74) is 2.92. The summed E-state index contributed by atoms with van der Waals surface area (Å²) in [5.74, 6) is 0.0428. The molecule has 0 aliphatic carbocycles. The van der Waals surface area contributed by atoms with Gasteiger partial charge in [-0.25, -0.2) is 4.68 Å². The molecule has 0 aliphatic heterocycles. The Morgan fingerprint density at radius 3 is 2.48 bits per heavy atom. The van der Waals surface area contributed by atoms with E-state index in [2.05, 4.69) is 33.2 Å². The van der Waals surface area contributed by atoms with Gasteiger partial charge >= 0.3 is 0 Å². The molecule has 0 unspecified atom stereocenters. The van der Waals surface area contributed by atoms with Crippen LogP contribution in [0.2, 0.25) is 0 Å². The fourth-order valence-electron chi connectivity index (χ4n) is 2.69. The number of amides is 1. The van der Waals surface area contributed by atoms with Crippen LogP contribution >= 0.6 is 15.9 Å². The van der Waals surface area contributed by atoms with Gasteiger partial charge in [0.1, 0.15) is 0 Å². The van der Waals surface area contributed by atoms with Crippen molar-refractivity contribution in [3.63, 3.8) is 0 Å². The predicted octanol–water partition coefficient (Wildman–Crippen LogP) is 4.34. The molecule has 0 bridgehead atoms. The lowest BCUT2D eigenvalue weighted by molar-refractivity contribution is 0.0793. The lowest BCUT2D eigenvalue weighted by Gasteiger charge is -2.17. The van der Waals surface area contributed by atoms with Crippen LogP contribution in [-0.2, 0) is 6.42 Å². The van der Waals surface area contributed by atoms with Gasteiger partial charge in [0.25, 0.3) is 5.91 Å². The van der Waals surface area contributed by atoms with Gasteiger partial charge in [0.15, 0.2) is 0 Å². The minimum Gasteiger partial charge on any atom is -0.342 e. The van der Waals surface area contributed by atoms with E-state index >= 15 is 0 Å². The zero-order valence-corrected chi connectivity index (χ0v) is 15.7. The maximum atomic E-state index is 12.5. The van der Waals surface area contributed by atoms with Crippen LogP contribution in [0.3, 0.4) is 0 Å². The average molecular weight is 398 g/mol. The van der Waals surface area contributed by atoms with E-state index in [1.807, 2.05) is 55.7 Å². The molecule has 0 spiro atoms. The molecule has 4 nitrogen and oxygen atoms in total. The van der Waals surface area contributed by atoms with Gasteiger partial charge < -0.3 is 4.90 Å². The van der Waals surface area contributed by atoms with Gasteiger partial charge in [-0.15, -0.1) is 0 Å². The Labute approximate surface area is 156 Å². The Morgan fingerprint density at radius 1 is 1.12 bits per heavy atom. The smallest absolute Gasteiger partial charge is 0.253 e. The number of nitrogens with zero attached hydrogens (tertiary/aromatic N) is 3. The van der Waals surface area contributed by atoms with Crippen molar-refractivity contribution in [3.8, 4) is 5.69 Å². The number of carbonyl (C=O) groups excluding carboxylic acids is 1. The summed E-state index contributed by atoms with van der Waals surface area (Å²) in [7, 11) is 1.85. The van der Waals surface area contributed by atoms with Crippen molar-refractivity contribution in [1.29, 1.82) is 0 Å². The molecule has 0 atom stereocenters. The topological polar surface area (TPSA) is 38.1 Å². The van der Waals surface area contributed by atoms with E-state index in [1.165, 1.54) is 5.56 Å². The quantitative estimate of drug-likeness (QED) is 0.620. The van der Waals surface area contributed by atoms with E-state index in [4.69, 9.17) is 0 Å². The predicted molar refractivity (Wildman–Crippen MR) is 103 cm³/mol. The highest BCUT2D eigenvalue weighted by molar-refractivity contribution is 9.10. The van der Waals surface area contributed by atoms with Crippen LogP contribution in [0, 0.1) is 0 Å². The zero-order valence-electron chi connectivity index (χ0n) is 14.1. The molecule has 0 saturated heterocycles. The summed E-state index contributed by atoms with van der Waals surface area (Å²) in [6.45, 7) is 0.738. The van der Waals surface area contributed by atoms with Crippen LogP contribution in [0.15, 0.2) is 71.5 Å². The van der Waals surface area contributed by atoms with E-state index in [1.54, 1.807) is 15.8 Å². The van der Waals surface area contributed by atoms with Gasteiger partial charge in [-0.2, -0.15) is 5.10 Å². The summed E-state index contributed by atoms with van der Waals surface area (Å²) in [6, 6.07) is 17.9. The normalized spacial score (nSPS) is 10.6. The van der Waals surface area contributed by atoms with Crippen LogP contribution < -0.4 is 0 Å². The number of rotatable bonds is 6. The highest BCUT2D eigenvalue weighted by Gasteiger charge is 2.11. The van der Waals surface area contributed by atoms with Crippen molar-refractivity contribution in [2.24, 2.45) is 0 Å². The van der Waals surface area contributed by atoms with E-state index in [0.717, 1.165) is 29.5 Å². The third-order valence-corrected chi connectivity index (χ3v) is 4.49. The molecule has 1 aromatic heterocycles. The fourth-order valence-corrected chi connectivity index (χ4v) is 2.97. The number of carbonyl (C=O) groups is 1. The molecule has 3 aromatic rings. The van der Waals surface area contributed by atoms with Crippen molar-refractivity contribution in [1.82, 2.24) is 14.7 Å². The van der Waals surface area contributed by atoms with Gasteiger partial charge in [-0.05, 0) is 58.6 Å². The molecule has 0 saturated carbocycles. The van der Waals surface area contributed by atoms with Crippen molar-refractivity contribution in [2.75, 3.05) is 13.6 Å². The second-order valence-electron chi connectivity index (χ2n) is 5.97. The minimum absolute atomic E-state index is 0.0428. The number of aryl methyl sites for hydroxylation is 1. The Hall–Kier alpha value is -2.40. The van der Waals surface area contributed by atoms with Crippen molar-refractivity contribution < 1.29 is 4.79 Å². The van der Waals surface area contributed by atoms with Gasteiger partial charge in [-0.3, -0.25) is 4.79 Å². The molecule has 0 radical (unpaired) electrons. The molecule has 128 valence electrons. The second kappa shape index (κ2) is 8.12. The number of halogens is 1. The standard InChI is InChI=1S/C20H20BrN3O/c1-23(13-5-8-16-6-3-2-4-7-16)20(25)17-9-11-19(12-10-17)24-15-18(21)14-22-24/h2-4,6-7,9-12,14-15H,5,8,13H2,1H3. The minimum atomic E-state index is 0.0428. The van der Waals surface area contributed by atoms with Crippen LogP contribution in [0.1, 0.15) is 22.3 Å². The molecule has 0 fully saturated rings. The van der Waals surface area contributed by atoms with Gasteiger partial charge in [-0.1, -0.05) is 30.3 Å². The highest BCUT2D eigenvalue weighted by atomic mass is 79.9. The molecule has 1 amide bonds. The van der Waals surface area contributed by atoms with Gasteiger partial charge in [0, 0.05) is 25.4 Å². The molecule has 3 rings (SSSR count). The summed E-state index contributed by atoms with van der Waals surface area (Å²) in [4.78, 5) is 14.3. The molecule has 2 aromatic carbocycles. The van der Waals surface area contributed by atoms with Gasteiger partial charge in [0.05, 0.1) is 16.4 Å². The third kappa shape index (κ3) is 4.57. The molecule has 1 heterocycles. The highest BCUT2D eigenvalue weighted by Crippen LogP contribution is 2.14. The molecule has 5 heteroatoms. The van der Waals surface area contributed by atoms with Gasteiger partial charge in [0.2, 0.25) is 0 Å². The molecular formula is C20H20BrN3O. The Kier molecular flexibility index (Phi) is 5.66. The maximum Gasteiger partial charge on any atom is 0.253 e. The number of hydrogen-bond acceptors (Lipinski definition) is 2. The summed E-state index contributed by atoms with van der Waals surface area (Å²) < 4.78 is 2.69. The van der Waals surface area contributed by atoms with Crippen molar-refractivity contribution in [3.05, 3.63) is 82.6 Å². The van der Waals surface area contributed by atoms with Crippen LogP contribution in [0.4, 0.5) is 0 Å². The largest absolute Gasteiger partial charge is 0.342 e. The zero-order chi connectivity index (χ0) is 17.6. The van der Waals surface area contributed by atoms with Crippen LogP contribution in [0.5, 0.6) is 0 Å². The first-order chi connectivity index (χ1) is 12.1. The van der Waals surface area contributed by atoms with Crippen molar-refractivity contribution in [2.45, 2.75) is 12.8 Å². The van der Waals surface area contributed by atoms with E-state index < -0.39 is 0 Å². The first kappa shape index (κ1) is 17.4. The number of hydrogen-bond donors (Lipinski definition) is 0. The Balaban J connectivity index is 1.56. The summed E-state index contributed by atoms with van der Waals surface area (Å²) >= 11 is 3.38. The first-order valence-corrected chi connectivity index (χ1v) is 9.03. The lowest BCUT2D eigenvalue weighted by atomic mass is 10.1. The number of benzene rings is 2. The average Bonchev–Trinajstić information content (AvgIpc) is 3.08. The molecule has 25 heavy (non-hydrogen) atoms. The fraction of sp³-hybridized carbons (Fsp3) is 0.200. The SMILES string of the molecule is CN(CCCc1ccccc1)C(=O)c1ccc(-n2cc(Br)cn2)cc1.